The summed E-state index contributed by atoms with van der Waals surface area (Å²) in [6.07, 6.45) is -16.5. The zero-order valence-electron chi connectivity index (χ0n) is 63.6. The van der Waals surface area contributed by atoms with Crippen molar-refractivity contribution in [1.29, 1.82) is 0 Å². The summed E-state index contributed by atoms with van der Waals surface area (Å²) in [5, 5.41) is 60.9. The number of hydrogen-bond donors (Lipinski definition) is 4. The summed E-state index contributed by atoms with van der Waals surface area (Å²) in [6, 6.07) is 30.9. The summed E-state index contributed by atoms with van der Waals surface area (Å²) < 4.78 is 191. The van der Waals surface area contributed by atoms with Crippen LogP contribution in [-0.2, 0) is 95.7 Å². The van der Waals surface area contributed by atoms with Crippen LogP contribution in [0.3, 0.4) is 0 Å². The standard InChI is InChI=1S/C21H17F4N3O2.2C21H18F3N3O2.C20H16F4N4O2/c1-12-4-7-17-14(8-12)19(22)27-28(17)11-20(2,30)18(29)10-13-5-6-16(26-3)15(9-13)21(23,24)25;1-13-5-4-6-18-15(13)11-26-27(18)12-20(2,29)19(28)10-14-7-8-17(25-3)16(9-14)21(22,23)24;1-13-5-4-6-15-11-27(26-19(13)15)12-20(2,29)18(28)10-14-7-8-17(25-3)16(9-14)21(22,23)24;1-11-4-5-15-13(6-11)17(21)27-28(15)10-19(2,30)16(29)8-12-7-14(20(22,23)24)18(25-3)26-9-12/h4-9,30H,10-11H2,1-2H3;2*4-9,11,29H,10,12H2,1-2H3;4-7,9,30H,8,10H2,1-2H3/t3*20-;19-/m0000/s1. The lowest BCUT2D eigenvalue weighted by atomic mass is 9.94. The Hall–Kier alpha value is -12.9. The van der Waals surface area contributed by atoms with E-state index in [2.05, 4.69) is 44.8 Å². The minimum absolute atomic E-state index is 0.00660. The van der Waals surface area contributed by atoms with Crippen molar-refractivity contribution in [2.45, 2.75) is 154 Å². The lowest BCUT2D eigenvalue weighted by molar-refractivity contribution is -0.138. The molecule has 0 saturated carbocycles. The van der Waals surface area contributed by atoms with Gasteiger partial charge in [0.2, 0.25) is 11.9 Å². The average molecular weight is 1640 g/mol. The minimum Gasteiger partial charge on any atom is -0.380 e. The monoisotopic (exact) mass is 1640 g/mol. The van der Waals surface area contributed by atoms with Gasteiger partial charge in [0.25, 0.3) is 5.82 Å². The number of hydrogen-bond acceptors (Lipinski definition) is 13. The molecular formula is C83H69F14N13O8. The molecule has 7 aromatic carbocycles. The van der Waals surface area contributed by atoms with E-state index in [4.69, 9.17) is 26.3 Å². The van der Waals surface area contributed by atoms with Crippen molar-refractivity contribution in [2.24, 2.45) is 0 Å². The van der Waals surface area contributed by atoms with E-state index in [1.165, 1.54) is 55.3 Å². The van der Waals surface area contributed by atoms with Crippen LogP contribution in [-0.4, -0.2) is 110 Å². The number of alkyl halides is 12. The van der Waals surface area contributed by atoms with Gasteiger partial charge in [-0.05, 0) is 114 Å². The first-order valence-corrected chi connectivity index (χ1v) is 35.2. The van der Waals surface area contributed by atoms with Gasteiger partial charge in [0.1, 0.15) is 28.6 Å². The number of pyridine rings is 1. The molecular weight excluding hydrogens is 1570 g/mol. The van der Waals surface area contributed by atoms with E-state index in [0.29, 0.717) is 17.1 Å². The van der Waals surface area contributed by atoms with Crippen molar-refractivity contribution in [3.8, 4) is 0 Å². The summed E-state index contributed by atoms with van der Waals surface area (Å²) in [4.78, 5) is 65.3. The Balaban J connectivity index is 0.000000179. The molecule has 118 heavy (non-hydrogen) atoms. The molecule has 4 N–H and O–H groups in total. The normalized spacial score (nSPS) is 13.8. The molecule has 0 aliphatic carbocycles. The fourth-order valence-electron chi connectivity index (χ4n) is 12.4. The quantitative estimate of drug-likeness (QED) is 0.0410. The zero-order chi connectivity index (χ0) is 87.3. The van der Waals surface area contributed by atoms with Gasteiger partial charge in [0.15, 0.2) is 40.2 Å². The molecule has 0 fully saturated rings. The van der Waals surface area contributed by atoms with Crippen LogP contribution >= 0.6 is 0 Å². The number of benzene rings is 7. The Labute approximate surface area is 662 Å². The summed E-state index contributed by atoms with van der Waals surface area (Å²) in [7, 11) is 0. The minimum atomic E-state index is -4.81. The molecule has 0 bridgehead atoms. The second-order valence-corrected chi connectivity index (χ2v) is 28.8. The van der Waals surface area contributed by atoms with Crippen molar-refractivity contribution in [3.63, 3.8) is 0 Å². The van der Waals surface area contributed by atoms with Gasteiger partial charge in [-0.25, -0.2) is 14.5 Å². The third kappa shape index (κ3) is 21.0. The summed E-state index contributed by atoms with van der Waals surface area (Å²) in [6.45, 7) is 38.8. The van der Waals surface area contributed by atoms with E-state index in [0.717, 1.165) is 96.0 Å². The van der Waals surface area contributed by atoms with Crippen LogP contribution in [0.1, 0.15) is 94.5 Å². The number of fused-ring (bicyclic) bond motifs is 4. The molecule has 0 amide bonds. The molecule has 612 valence electrons. The van der Waals surface area contributed by atoms with Crippen LogP contribution in [0.15, 0.2) is 152 Å². The van der Waals surface area contributed by atoms with Gasteiger partial charge in [-0.2, -0.15) is 71.7 Å². The van der Waals surface area contributed by atoms with Crippen molar-refractivity contribution in [1.82, 2.24) is 44.1 Å². The predicted octanol–water partition coefficient (Wildman–Crippen LogP) is 17.6. The molecule has 0 aliphatic heterocycles. The highest BCUT2D eigenvalue weighted by molar-refractivity contribution is 5.92. The van der Waals surface area contributed by atoms with Gasteiger partial charge in [0, 0.05) is 48.2 Å². The van der Waals surface area contributed by atoms with E-state index >= 15 is 0 Å². The number of Topliss-reactive ketones (excluding diaryl/α,β-unsaturated/α-hetero) is 4. The molecule has 0 aliphatic rings. The van der Waals surface area contributed by atoms with Crippen LogP contribution in [0.2, 0.25) is 0 Å². The number of carbonyl (C=O) groups is 4. The van der Waals surface area contributed by atoms with E-state index in [-0.39, 0.29) is 52.7 Å². The fraction of sp³-hybridized carbons (Fsp3) is 0.289. The van der Waals surface area contributed by atoms with E-state index in [1.54, 1.807) is 62.6 Å². The molecule has 5 heterocycles. The molecule has 12 aromatic rings. The largest absolute Gasteiger partial charge is 0.409 e. The molecule has 4 atom stereocenters. The maximum atomic E-state index is 14.1. The van der Waals surface area contributed by atoms with Crippen LogP contribution in [0.25, 0.3) is 63.0 Å². The maximum Gasteiger partial charge on any atom is 0.409 e. The van der Waals surface area contributed by atoms with Crippen molar-refractivity contribution in [2.75, 3.05) is 0 Å². The lowest BCUT2D eigenvalue weighted by Gasteiger charge is -2.22. The summed E-state index contributed by atoms with van der Waals surface area (Å²) in [5.41, 5.74) is -8.03. The Bertz CT molecular complexity index is 5860. The van der Waals surface area contributed by atoms with Gasteiger partial charge in [-0.3, -0.25) is 37.9 Å². The second kappa shape index (κ2) is 34.5. The highest BCUT2D eigenvalue weighted by Gasteiger charge is 2.41. The van der Waals surface area contributed by atoms with E-state index < -0.39 is 159 Å². The topological polar surface area (TPSA) is 251 Å². The predicted molar refractivity (Wildman–Crippen MR) is 404 cm³/mol. The Kier molecular flexibility index (Phi) is 26.0. The SMILES string of the molecule is [C-]#[N+]c1ccc(CC(=O)[C@@](C)(O)Cn2cc3cccc(C)c3n2)cc1C(F)(F)F.[C-]#[N+]c1ccc(CC(=O)[C@@](C)(O)Cn2nc(F)c3cc(C)ccc32)cc1C(F)(F)F.[C-]#[N+]c1ccc(CC(=O)[C@@](C)(O)Cn2ncc3c(C)cccc32)cc1C(F)(F)F.[C-]#[N+]c1ncc(CC(=O)[C@@](C)(O)Cn2nc(F)c3cc(C)ccc32)cc1C(F)(F)F. The third-order valence-corrected chi connectivity index (χ3v) is 18.9. The molecule has 12 rings (SSSR count). The molecule has 21 nitrogen and oxygen atoms in total. The first kappa shape index (κ1) is 89.0. The Morgan fingerprint density at radius 3 is 1.15 bits per heavy atom. The molecule has 0 radical (unpaired) electrons. The Morgan fingerprint density at radius 2 is 0.763 bits per heavy atom. The smallest absolute Gasteiger partial charge is 0.380 e. The van der Waals surface area contributed by atoms with Gasteiger partial charge >= 0.3 is 24.7 Å². The second-order valence-electron chi connectivity index (χ2n) is 28.8. The maximum absolute atomic E-state index is 14.1. The molecule has 0 unspecified atom stereocenters. The number of nitrogens with zero attached hydrogens (tertiary/aromatic N) is 13. The van der Waals surface area contributed by atoms with Gasteiger partial charge in [-0.1, -0.05) is 121 Å². The summed E-state index contributed by atoms with van der Waals surface area (Å²) in [5.74, 6) is -5.17. The number of aryl methyl sites for hydroxylation is 4. The number of aromatic nitrogens is 9. The number of ketones is 4. The first-order chi connectivity index (χ1) is 54.9. The number of carbonyl (C=O) groups excluding carboxylic acids is 4. The van der Waals surface area contributed by atoms with Gasteiger partial charge in [-0.15, -0.1) is 15.2 Å². The molecule has 35 heteroatoms. The average Bonchev–Trinajstić information content (AvgIpc) is 1.60. The van der Waals surface area contributed by atoms with Crippen LogP contribution in [0, 0.1) is 65.9 Å². The highest BCUT2D eigenvalue weighted by atomic mass is 19.4. The van der Waals surface area contributed by atoms with Crippen molar-refractivity contribution < 1.29 is 101 Å². The van der Waals surface area contributed by atoms with Crippen molar-refractivity contribution in [3.05, 3.63) is 276 Å². The number of rotatable bonds is 20. The van der Waals surface area contributed by atoms with E-state index in [1.807, 2.05) is 50.2 Å². The van der Waals surface area contributed by atoms with Crippen LogP contribution in [0.5, 0.6) is 0 Å². The molecule has 0 spiro atoms. The first-order valence-electron chi connectivity index (χ1n) is 35.2. The lowest BCUT2D eigenvalue weighted by Crippen LogP contribution is -2.41. The third-order valence-electron chi connectivity index (χ3n) is 18.9. The summed E-state index contributed by atoms with van der Waals surface area (Å²) >= 11 is 0. The van der Waals surface area contributed by atoms with Crippen LogP contribution in [0.4, 0.5) is 84.3 Å². The molecule has 5 aromatic heterocycles. The zero-order valence-corrected chi connectivity index (χ0v) is 63.6. The Morgan fingerprint density at radius 1 is 0.398 bits per heavy atom. The fourth-order valence-corrected chi connectivity index (χ4v) is 12.4. The van der Waals surface area contributed by atoms with Gasteiger partial charge in [0.05, 0.1) is 107 Å². The number of halogens is 14. The molecule has 0 saturated heterocycles. The van der Waals surface area contributed by atoms with Gasteiger partial charge < -0.3 is 25.3 Å². The van der Waals surface area contributed by atoms with Crippen molar-refractivity contribution >= 4 is 89.6 Å². The van der Waals surface area contributed by atoms with Crippen LogP contribution < -0.4 is 0 Å². The van der Waals surface area contributed by atoms with E-state index in [9.17, 15) is 101 Å². The number of aliphatic hydroxyl groups is 4. The highest BCUT2D eigenvalue weighted by Crippen LogP contribution is 2.42.